The van der Waals surface area contributed by atoms with E-state index in [2.05, 4.69) is 26.6 Å². The lowest BCUT2D eigenvalue weighted by Crippen LogP contribution is -2.46. The fraction of sp³-hybridized carbons (Fsp3) is 0.591. The van der Waals surface area contributed by atoms with Crippen molar-refractivity contribution in [2.75, 3.05) is 45.2 Å². The smallest absolute Gasteiger partial charge is 0.227 e. The van der Waals surface area contributed by atoms with Gasteiger partial charge in [0.25, 0.3) is 0 Å². The van der Waals surface area contributed by atoms with Gasteiger partial charge in [0, 0.05) is 58.8 Å². The van der Waals surface area contributed by atoms with Gasteiger partial charge in [0.05, 0.1) is 0 Å². The van der Waals surface area contributed by atoms with Crippen molar-refractivity contribution in [2.24, 2.45) is 10.9 Å². The second-order valence-electron chi connectivity index (χ2n) is 7.81. The maximum absolute atomic E-state index is 12.6. The highest BCUT2D eigenvalue weighted by molar-refractivity contribution is 14.0. The van der Waals surface area contributed by atoms with E-state index in [9.17, 15) is 9.59 Å². The predicted molar refractivity (Wildman–Crippen MR) is 131 cm³/mol. The minimum Gasteiger partial charge on any atom is -0.359 e. The lowest BCUT2D eigenvalue weighted by Gasteiger charge is -2.34. The fourth-order valence-electron chi connectivity index (χ4n) is 4.22. The molecule has 1 saturated heterocycles. The van der Waals surface area contributed by atoms with Crippen LogP contribution in [0, 0.1) is 5.92 Å². The summed E-state index contributed by atoms with van der Waals surface area (Å²) in [6, 6.07) is 8.16. The molecule has 0 aromatic heterocycles. The van der Waals surface area contributed by atoms with E-state index in [1.807, 2.05) is 23.1 Å². The molecule has 2 aliphatic rings. The Morgan fingerprint density at radius 2 is 1.90 bits per heavy atom. The standard InChI is InChI=1S/C22H33N5O2.HI/c1-23-20(28)16-17-9-13-26(14-10-17)22(24-2)25-12-5-8-21(29)27-15-11-18-6-3-4-7-19(18)27;/h3-4,6-7,17H,5,8-16H2,1-2H3,(H,23,28)(H,24,25);1H. The van der Waals surface area contributed by atoms with Crippen LogP contribution in [0.3, 0.4) is 0 Å². The summed E-state index contributed by atoms with van der Waals surface area (Å²) in [5.41, 5.74) is 2.33. The van der Waals surface area contributed by atoms with Crippen molar-refractivity contribution in [3.05, 3.63) is 29.8 Å². The number of benzene rings is 1. The normalized spacial score (nSPS) is 16.7. The molecule has 0 aliphatic carbocycles. The van der Waals surface area contributed by atoms with Crippen LogP contribution in [0.15, 0.2) is 29.3 Å². The third-order valence-electron chi connectivity index (χ3n) is 5.92. The summed E-state index contributed by atoms with van der Waals surface area (Å²) in [6.45, 7) is 3.33. The number of nitrogens with one attached hydrogen (secondary N) is 2. The van der Waals surface area contributed by atoms with E-state index < -0.39 is 0 Å². The molecular formula is C22H34IN5O2. The van der Waals surface area contributed by atoms with Crippen LogP contribution >= 0.6 is 24.0 Å². The van der Waals surface area contributed by atoms with Crippen molar-refractivity contribution in [1.82, 2.24) is 15.5 Å². The van der Waals surface area contributed by atoms with Gasteiger partial charge in [-0.15, -0.1) is 24.0 Å². The molecule has 0 saturated carbocycles. The van der Waals surface area contributed by atoms with Crippen molar-refractivity contribution in [3.63, 3.8) is 0 Å². The molecule has 2 heterocycles. The number of anilines is 1. The molecule has 30 heavy (non-hydrogen) atoms. The summed E-state index contributed by atoms with van der Waals surface area (Å²) in [6.07, 6.45) is 4.87. The number of amides is 2. The van der Waals surface area contributed by atoms with Crippen LogP contribution < -0.4 is 15.5 Å². The van der Waals surface area contributed by atoms with Crippen LogP contribution in [0.1, 0.15) is 37.7 Å². The summed E-state index contributed by atoms with van der Waals surface area (Å²) in [4.78, 5) is 32.7. The molecule has 166 valence electrons. The molecule has 3 rings (SSSR count). The van der Waals surface area contributed by atoms with Crippen LogP contribution in [0.4, 0.5) is 5.69 Å². The van der Waals surface area contributed by atoms with E-state index in [0.29, 0.717) is 18.8 Å². The summed E-state index contributed by atoms with van der Waals surface area (Å²) in [5, 5.41) is 6.10. The van der Waals surface area contributed by atoms with Gasteiger partial charge in [-0.25, -0.2) is 0 Å². The van der Waals surface area contributed by atoms with Crippen LogP contribution in [0.5, 0.6) is 0 Å². The van der Waals surface area contributed by atoms with Gasteiger partial charge in [0.1, 0.15) is 0 Å². The highest BCUT2D eigenvalue weighted by Crippen LogP contribution is 2.28. The van der Waals surface area contributed by atoms with Crippen molar-refractivity contribution in [2.45, 2.75) is 38.5 Å². The molecule has 1 aromatic carbocycles. The molecule has 2 aliphatic heterocycles. The van der Waals surface area contributed by atoms with E-state index in [1.54, 1.807) is 14.1 Å². The molecule has 2 amide bonds. The number of rotatable bonds is 6. The Balaban J connectivity index is 0.00000320. The molecular weight excluding hydrogens is 493 g/mol. The van der Waals surface area contributed by atoms with Gasteiger partial charge < -0.3 is 20.4 Å². The van der Waals surface area contributed by atoms with Gasteiger partial charge in [-0.1, -0.05) is 18.2 Å². The molecule has 0 unspecified atom stereocenters. The first-order valence-electron chi connectivity index (χ1n) is 10.7. The topological polar surface area (TPSA) is 77.0 Å². The number of hydrogen-bond acceptors (Lipinski definition) is 3. The van der Waals surface area contributed by atoms with E-state index in [1.165, 1.54) is 5.56 Å². The number of nitrogens with zero attached hydrogens (tertiary/aromatic N) is 3. The largest absolute Gasteiger partial charge is 0.359 e. The summed E-state index contributed by atoms with van der Waals surface area (Å²) >= 11 is 0. The van der Waals surface area contributed by atoms with E-state index in [4.69, 9.17) is 0 Å². The summed E-state index contributed by atoms with van der Waals surface area (Å²) in [7, 11) is 3.49. The van der Waals surface area contributed by atoms with Gasteiger partial charge in [-0.2, -0.15) is 0 Å². The van der Waals surface area contributed by atoms with Crippen molar-refractivity contribution in [3.8, 4) is 0 Å². The Hall–Kier alpha value is -1.84. The van der Waals surface area contributed by atoms with Gasteiger partial charge in [0.15, 0.2) is 5.96 Å². The zero-order valence-corrected chi connectivity index (χ0v) is 20.4. The Morgan fingerprint density at radius 1 is 1.17 bits per heavy atom. The zero-order valence-electron chi connectivity index (χ0n) is 18.0. The number of likely N-dealkylation sites (tertiary alicyclic amines) is 1. The van der Waals surface area contributed by atoms with Crippen LogP contribution in [0.2, 0.25) is 0 Å². The van der Waals surface area contributed by atoms with Gasteiger partial charge in [-0.3, -0.25) is 14.6 Å². The zero-order chi connectivity index (χ0) is 20.6. The molecule has 0 radical (unpaired) electrons. The first-order chi connectivity index (χ1) is 14.1. The van der Waals surface area contributed by atoms with Crippen LogP contribution in [-0.2, 0) is 16.0 Å². The number of piperidine rings is 1. The molecule has 1 aromatic rings. The fourth-order valence-corrected chi connectivity index (χ4v) is 4.22. The van der Waals surface area contributed by atoms with Crippen LogP contribution in [0.25, 0.3) is 0 Å². The SMILES string of the molecule is CN=C(NCCCC(=O)N1CCc2ccccc21)N1CCC(CC(=O)NC)CC1.I. The van der Waals surface area contributed by atoms with Crippen molar-refractivity contribution < 1.29 is 9.59 Å². The highest BCUT2D eigenvalue weighted by atomic mass is 127. The third kappa shape index (κ3) is 6.33. The molecule has 7 nitrogen and oxygen atoms in total. The number of aliphatic imine (C=N–C) groups is 1. The lowest BCUT2D eigenvalue weighted by atomic mass is 9.93. The second-order valence-corrected chi connectivity index (χ2v) is 7.81. The number of hydrogen-bond donors (Lipinski definition) is 2. The number of carbonyl (C=O) groups excluding carboxylic acids is 2. The van der Waals surface area contributed by atoms with Crippen molar-refractivity contribution >= 4 is 47.4 Å². The van der Waals surface area contributed by atoms with Gasteiger partial charge in [-0.05, 0) is 43.2 Å². The van der Waals surface area contributed by atoms with Gasteiger partial charge >= 0.3 is 0 Å². The van der Waals surface area contributed by atoms with E-state index >= 15 is 0 Å². The Labute approximate surface area is 196 Å². The maximum atomic E-state index is 12.6. The number of guanidine groups is 1. The summed E-state index contributed by atoms with van der Waals surface area (Å²) in [5.74, 6) is 1.66. The van der Waals surface area contributed by atoms with E-state index in [-0.39, 0.29) is 35.8 Å². The molecule has 0 atom stereocenters. The monoisotopic (exact) mass is 527 g/mol. The third-order valence-corrected chi connectivity index (χ3v) is 5.92. The highest BCUT2D eigenvalue weighted by Gasteiger charge is 2.24. The van der Waals surface area contributed by atoms with E-state index in [0.717, 1.165) is 63.5 Å². The molecule has 2 N–H and O–H groups in total. The quantitative estimate of drug-likeness (QED) is 0.258. The first-order valence-corrected chi connectivity index (χ1v) is 10.7. The molecule has 1 fully saturated rings. The minimum absolute atomic E-state index is 0. The number of fused-ring (bicyclic) bond motifs is 1. The molecule has 0 bridgehead atoms. The maximum Gasteiger partial charge on any atom is 0.227 e. The predicted octanol–water partition coefficient (Wildman–Crippen LogP) is 2.40. The Morgan fingerprint density at radius 3 is 2.60 bits per heavy atom. The summed E-state index contributed by atoms with van der Waals surface area (Å²) < 4.78 is 0. The number of para-hydroxylation sites is 1. The Kier molecular flexibility index (Phi) is 9.87. The van der Waals surface area contributed by atoms with Crippen molar-refractivity contribution in [1.29, 1.82) is 0 Å². The van der Waals surface area contributed by atoms with Gasteiger partial charge in [0.2, 0.25) is 11.8 Å². The number of carbonyl (C=O) groups is 2. The second kappa shape index (κ2) is 12.1. The average Bonchev–Trinajstić information content (AvgIpc) is 3.18. The minimum atomic E-state index is 0. The molecule has 8 heteroatoms. The van der Waals surface area contributed by atoms with Crippen LogP contribution in [-0.4, -0.2) is 62.9 Å². The Bertz CT molecular complexity index is 747. The lowest BCUT2D eigenvalue weighted by molar-refractivity contribution is -0.122. The first kappa shape index (κ1) is 24.4. The molecule has 0 spiro atoms. The average molecular weight is 527 g/mol. The number of halogens is 1.